The van der Waals surface area contributed by atoms with E-state index in [-0.39, 0.29) is 10.8 Å². The zero-order valence-electron chi connectivity index (χ0n) is 19.2. The Morgan fingerprint density at radius 2 is 1.73 bits per heavy atom. The van der Waals surface area contributed by atoms with Crippen molar-refractivity contribution in [3.63, 3.8) is 0 Å². The van der Waals surface area contributed by atoms with Crippen LogP contribution in [0, 0.1) is 0 Å². The monoisotopic (exact) mass is 510 g/mol. The lowest BCUT2D eigenvalue weighted by molar-refractivity contribution is 0.0986. The van der Waals surface area contributed by atoms with Crippen molar-refractivity contribution in [3.05, 3.63) is 47.0 Å². The molecule has 8 nitrogen and oxygen atoms in total. The van der Waals surface area contributed by atoms with Crippen LogP contribution in [0.25, 0.3) is 10.2 Å². The van der Waals surface area contributed by atoms with E-state index in [4.69, 9.17) is 16.3 Å². The smallest absolute Gasteiger partial charge is 0.260 e. The number of methoxy groups -OCH3 is 1. The van der Waals surface area contributed by atoms with Crippen LogP contribution in [-0.4, -0.2) is 76.9 Å². The molecule has 1 heterocycles. The van der Waals surface area contributed by atoms with Gasteiger partial charge in [0.1, 0.15) is 11.3 Å². The number of amides is 1. The van der Waals surface area contributed by atoms with Gasteiger partial charge in [0.05, 0.1) is 21.7 Å². The third-order valence-electron chi connectivity index (χ3n) is 5.01. The molecule has 0 saturated carbocycles. The molecule has 0 aliphatic rings. The van der Waals surface area contributed by atoms with Gasteiger partial charge in [-0.3, -0.25) is 9.69 Å². The maximum absolute atomic E-state index is 13.5. The molecule has 11 heteroatoms. The molecule has 0 bridgehead atoms. The van der Waals surface area contributed by atoms with E-state index in [2.05, 4.69) is 4.98 Å². The minimum atomic E-state index is -3.58. The Labute approximate surface area is 203 Å². The molecule has 2 aromatic carbocycles. The van der Waals surface area contributed by atoms with Gasteiger partial charge in [-0.15, -0.1) is 0 Å². The van der Waals surface area contributed by atoms with Crippen LogP contribution in [0.15, 0.2) is 41.3 Å². The standard InChI is InChI=1S/C22H27ClN4O4S2/c1-25(2)13-6-14-27(22-24-19-18(31-5)12-11-17(23)20(19)32-22)21(28)15-7-9-16(10-8-15)33(29,30)26(3)4/h7-12H,6,13-14H2,1-5H3. The zero-order valence-corrected chi connectivity index (χ0v) is 21.6. The molecule has 0 aliphatic carbocycles. The number of aromatic nitrogens is 1. The van der Waals surface area contributed by atoms with E-state index < -0.39 is 10.0 Å². The molecule has 0 spiro atoms. The van der Waals surface area contributed by atoms with Crippen molar-refractivity contribution in [2.75, 3.05) is 53.3 Å². The molecule has 3 rings (SSSR count). The van der Waals surface area contributed by atoms with Gasteiger partial charge in [-0.1, -0.05) is 22.9 Å². The van der Waals surface area contributed by atoms with Crippen molar-refractivity contribution in [1.29, 1.82) is 0 Å². The molecule has 0 unspecified atom stereocenters. The minimum absolute atomic E-state index is 0.125. The molecule has 0 saturated heterocycles. The van der Waals surface area contributed by atoms with Crippen molar-refractivity contribution >= 4 is 54.2 Å². The Hall–Kier alpha value is -2.24. The number of hydrogen-bond donors (Lipinski definition) is 0. The average Bonchev–Trinajstić information content (AvgIpc) is 3.22. The van der Waals surface area contributed by atoms with Crippen LogP contribution in [0.3, 0.4) is 0 Å². The van der Waals surface area contributed by atoms with Gasteiger partial charge in [0, 0.05) is 26.2 Å². The Morgan fingerprint density at radius 3 is 2.30 bits per heavy atom. The second-order valence-electron chi connectivity index (χ2n) is 7.85. The first kappa shape index (κ1) is 25.4. The number of thiazole rings is 1. The normalized spacial score (nSPS) is 12.0. The summed E-state index contributed by atoms with van der Waals surface area (Å²) < 4.78 is 32.0. The van der Waals surface area contributed by atoms with Crippen LogP contribution in [0.1, 0.15) is 16.8 Å². The summed E-state index contributed by atoms with van der Waals surface area (Å²) in [5, 5.41) is 1.04. The van der Waals surface area contributed by atoms with Crippen LogP contribution in [0.5, 0.6) is 5.75 Å². The molecule has 178 valence electrons. The molecule has 0 N–H and O–H groups in total. The van der Waals surface area contributed by atoms with Crippen molar-refractivity contribution in [1.82, 2.24) is 14.2 Å². The molecule has 1 aromatic heterocycles. The second-order valence-corrected chi connectivity index (χ2v) is 11.4. The number of carbonyl (C=O) groups is 1. The Morgan fingerprint density at radius 1 is 1.06 bits per heavy atom. The number of fused-ring (bicyclic) bond motifs is 1. The lowest BCUT2D eigenvalue weighted by Crippen LogP contribution is -2.33. The molecular formula is C22H27ClN4O4S2. The van der Waals surface area contributed by atoms with Gasteiger partial charge >= 0.3 is 0 Å². The topological polar surface area (TPSA) is 83.0 Å². The maximum atomic E-state index is 13.5. The highest BCUT2D eigenvalue weighted by Gasteiger charge is 2.24. The highest BCUT2D eigenvalue weighted by Crippen LogP contribution is 2.39. The predicted molar refractivity (Wildman–Crippen MR) is 133 cm³/mol. The summed E-state index contributed by atoms with van der Waals surface area (Å²) in [6.45, 7) is 1.23. The van der Waals surface area contributed by atoms with E-state index in [1.807, 2.05) is 19.0 Å². The summed E-state index contributed by atoms with van der Waals surface area (Å²) in [5.41, 5.74) is 0.970. The first-order valence-corrected chi connectivity index (χ1v) is 12.8. The van der Waals surface area contributed by atoms with E-state index in [1.54, 1.807) is 24.1 Å². The first-order valence-electron chi connectivity index (χ1n) is 10.2. The molecule has 0 atom stereocenters. The Balaban J connectivity index is 2.00. The van der Waals surface area contributed by atoms with Crippen LogP contribution in [0.2, 0.25) is 5.02 Å². The van der Waals surface area contributed by atoms with Gasteiger partial charge in [-0.2, -0.15) is 0 Å². The molecule has 3 aromatic rings. The predicted octanol–water partition coefficient (Wildman–Crippen LogP) is 3.81. The van der Waals surface area contributed by atoms with Gasteiger partial charge < -0.3 is 9.64 Å². The lowest BCUT2D eigenvalue weighted by atomic mass is 10.2. The second kappa shape index (κ2) is 10.4. The van der Waals surface area contributed by atoms with Crippen LogP contribution >= 0.6 is 22.9 Å². The quantitative estimate of drug-likeness (QED) is 0.435. The number of benzene rings is 2. The van der Waals surface area contributed by atoms with Crippen LogP contribution < -0.4 is 9.64 Å². The van der Waals surface area contributed by atoms with Gasteiger partial charge in [0.15, 0.2) is 5.13 Å². The molecule has 0 aliphatic heterocycles. The molecule has 33 heavy (non-hydrogen) atoms. The van der Waals surface area contributed by atoms with E-state index in [0.29, 0.717) is 33.5 Å². The van der Waals surface area contributed by atoms with Gasteiger partial charge in [-0.05, 0) is 63.5 Å². The van der Waals surface area contributed by atoms with Gasteiger partial charge in [0.25, 0.3) is 5.91 Å². The zero-order chi connectivity index (χ0) is 24.3. The van der Waals surface area contributed by atoms with Crippen LogP contribution in [-0.2, 0) is 10.0 Å². The highest BCUT2D eigenvalue weighted by molar-refractivity contribution is 7.89. The fourth-order valence-corrected chi connectivity index (χ4v) is 5.37. The SMILES string of the molecule is COc1ccc(Cl)c2sc(N(CCCN(C)C)C(=O)c3ccc(S(=O)(=O)N(C)C)cc3)nc12. The highest BCUT2D eigenvalue weighted by atomic mass is 35.5. The summed E-state index contributed by atoms with van der Waals surface area (Å²) >= 11 is 7.70. The van der Waals surface area contributed by atoms with E-state index in [0.717, 1.165) is 22.0 Å². The fraction of sp³-hybridized carbons (Fsp3) is 0.364. The first-order chi connectivity index (χ1) is 15.6. The van der Waals surface area contributed by atoms with Crippen molar-refractivity contribution in [2.45, 2.75) is 11.3 Å². The summed E-state index contributed by atoms with van der Waals surface area (Å²) in [7, 11) is 4.85. The molecular weight excluding hydrogens is 484 g/mol. The van der Waals surface area contributed by atoms with Crippen LogP contribution in [0.4, 0.5) is 5.13 Å². The number of anilines is 1. The average molecular weight is 511 g/mol. The van der Waals surface area contributed by atoms with E-state index in [9.17, 15) is 13.2 Å². The number of sulfonamides is 1. The number of carbonyl (C=O) groups excluding carboxylic acids is 1. The van der Waals surface area contributed by atoms with Gasteiger partial charge in [0.2, 0.25) is 10.0 Å². The number of rotatable bonds is 9. The van der Waals surface area contributed by atoms with E-state index in [1.165, 1.54) is 49.7 Å². The van der Waals surface area contributed by atoms with Crippen molar-refractivity contribution < 1.29 is 17.9 Å². The number of ether oxygens (including phenoxy) is 1. The van der Waals surface area contributed by atoms with Crippen molar-refractivity contribution in [2.24, 2.45) is 0 Å². The third kappa shape index (κ3) is 5.47. The largest absolute Gasteiger partial charge is 0.494 e. The molecule has 0 fully saturated rings. The van der Waals surface area contributed by atoms with Gasteiger partial charge in [-0.25, -0.2) is 17.7 Å². The lowest BCUT2D eigenvalue weighted by Gasteiger charge is -2.21. The number of nitrogens with zero attached hydrogens (tertiary/aromatic N) is 4. The maximum Gasteiger partial charge on any atom is 0.260 e. The summed E-state index contributed by atoms with van der Waals surface area (Å²) in [5.74, 6) is 0.313. The minimum Gasteiger partial charge on any atom is -0.494 e. The summed E-state index contributed by atoms with van der Waals surface area (Å²) in [6.07, 6.45) is 0.729. The van der Waals surface area contributed by atoms with Crippen molar-refractivity contribution in [3.8, 4) is 5.75 Å². The molecule has 1 amide bonds. The third-order valence-corrected chi connectivity index (χ3v) is 8.38. The van der Waals surface area contributed by atoms with E-state index >= 15 is 0 Å². The number of hydrogen-bond acceptors (Lipinski definition) is 7. The summed E-state index contributed by atoms with van der Waals surface area (Å²) in [4.78, 5) is 21.9. The number of halogens is 1. The Kier molecular flexibility index (Phi) is 7.96. The molecule has 0 radical (unpaired) electrons. The Bertz CT molecular complexity index is 1240. The summed E-state index contributed by atoms with van der Waals surface area (Å²) in [6, 6.07) is 9.43. The fourth-order valence-electron chi connectivity index (χ4n) is 3.19.